The van der Waals surface area contributed by atoms with Crippen molar-refractivity contribution >= 4 is 22.8 Å². The van der Waals surface area contributed by atoms with Crippen LogP contribution in [-0.4, -0.2) is 33.0 Å². The molecule has 2 aromatic carbocycles. The van der Waals surface area contributed by atoms with Crippen molar-refractivity contribution in [2.24, 2.45) is 0 Å². The molecule has 0 fully saturated rings. The van der Waals surface area contributed by atoms with Gasteiger partial charge in [0.05, 0.1) is 0 Å². The molecule has 1 N–H and O–H groups in total. The van der Waals surface area contributed by atoms with E-state index < -0.39 is 11.8 Å². The number of nitrogens with zero attached hydrogens (tertiary/aromatic N) is 2. The molecule has 3 aromatic rings. The van der Waals surface area contributed by atoms with E-state index in [-0.39, 0.29) is 12.5 Å². The second-order valence-electron chi connectivity index (χ2n) is 6.41. The summed E-state index contributed by atoms with van der Waals surface area (Å²) in [4.78, 5) is 25.7. The Balaban J connectivity index is 1.73. The van der Waals surface area contributed by atoms with Crippen molar-refractivity contribution in [1.29, 1.82) is 0 Å². The first-order valence-electron chi connectivity index (χ1n) is 8.40. The average Bonchev–Trinajstić information content (AvgIpc) is 2.94. The summed E-state index contributed by atoms with van der Waals surface area (Å²) in [7, 11) is 0. The van der Waals surface area contributed by atoms with Gasteiger partial charge in [-0.05, 0) is 24.3 Å². The maximum absolute atomic E-state index is 13.4. The number of hydrogen-bond acceptors (Lipinski definition) is 2. The third kappa shape index (κ3) is 2.73. The lowest BCUT2D eigenvalue weighted by Crippen LogP contribution is -2.36. The number of carboxylic acids is 1. The fraction of sp³-hybridized carbons (Fsp3) is 0.200. The Morgan fingerprint density at radius 3 is 2.69 bits per heavy atom. The van der Waals surface area contributed by atoms with Crippen LogP contribution in [0, 0.1) is 5.82 Å². The highest BCUT2D eigenvalue weighted by Gasteiger charge is 2.27. The minimum absolute atomic E-state index is 0.103. The molecule has 1 aliphatic heterocycles. The first-order valence-corrected chi connectivity index (χ1v) is 8.40. The lowest BCUT2D eigenvalue weighted by Gasteiger charge is -2.28. The number of amides is 1. The zero-order chi connectivity index (χ0) is 18.3. The number of aliphatic carboxylic acids is 1. The Morgan fingerprint density at radius 2 is 1.92 bits per heavy atom. The van der Waals surface area contributed by atoms with Gasteiger partial charge in [-0.25, -0.2) is 4.39 Å². The van der Waals surface area contributed by atoms with Gasteiger partial charge in [0.1, 0.15) is 12.4 Å². The van der Waals surface area contributed by atoms with Crippen LogP contribution in [0.1, 0.15) is 21.6 Å². The summed E-state index contributed by atoms with van der Waals surface area (Å²) in [5.74, 6) is -1.55. The second kappa shape index (κ2) is 6.29. The van der Waals surface area contributed by atoms with Crippen LogP contribution in [0.25, 0.3) is 10.9 Å². The molecule has 132 valence electrons. The average molecular weight is 352 g/mol. The molecular weight excluding hydrogens is 335 g/mol. The number of fused-ring (bicyclic) bond motifs is 3. The van der Waals surface area contributed by atoms with E-state index in [0.29, 0.717) is 25.1 Å². The minimum atomic E-state index is -0.896. The van der Waals surface area contributed by atoms with E-state index in [0.717, 1.165) is 22.2 Å². The van der Waals surface area contributed by atoms with Gasteiger partial charge in [0.15, 0.2) is 0 Å². The molecule has 0 radical (unpaired) electrons. The summed E-state index contributed by atoms with van der Waals surface area (Å²) < 4.78 is 15.3. The van der Waals surface area contributed by atoms with Crippen molar-refractivity contribution in [1.82, 2.24) is 9.47 Å². The molecule has 1 aliphatic rings. The van der Waals surface area contributed by atoms with Gasteiger partial charge in [-0.3, -0.25) is 9.59 Å². The van der Waals surface area contributed by atoms with Gasteiger partial charge in [0.2, 0.25) is 0 Å². The standard InChI is InChI=1S/C20H17FN2O3/c21-14-5-3-4-13(10-14)20(26)22-9-8-18-16(11-22)15-6-1-2-7-17(15)23(18)12-19(24)25/h1-7,10H,8-9,11-12H2,(H,24,25). The molecule has 0 spiro atoms. The van der Waals surface area contributed by atoms with Crippen molar-refractivity contribution in [2.45, 2.75) is 19.5 Å². The fourth-order valence-corrected chi connectivity index (χ4v) is 3.69. The van der Waals surface area contributed by atoms with Gasteiger partial charge >= 0.3 is 5.97 Å². The van der Waals surface area contributed by atoms with Crippen LogP contribution in [0.15, 0.2) is 48.5 Å². The van der Waals surface area contributed by atoms with Crippen LogP contribution in [0.4, 0.5) is 4.39 Å². The van der Waals surface area contributed by atoms with Crippen molar-refractivity contribution in [3.8, 4) is 0 Å². The lowest BCUT2D eigenvalue weighted by molar-refractivity contribution is -0.137. The minimum Gasteiger partial charge on any atom is -0.480 e. The number of para-hydroxylation sites is 1. The predicted octanol–water partition coefficient (Wildman–Crippen LogP) is 3.06. The third-order valence-corrected chi connectivity index (χ3v) is 4.81. The molecule has 26 heavy (non-hydrogen) atoms. The third-order valence-electron chi connectivity index (χ3n) is 4.81. The van der Waals surface area contributed by atoms with Gasteiger partial charge < -0.3 is 14.6 Å². The van der Waals surface area contributed by atoms with Crippen LogP contribution in [-0.2, 0) is 24.3 Å². The van der Waals surface area contributed by atoms with Crippen molar-refractivity contribution in [2.75, 3.05) is 6.54 Å². The van der Waals surface area contributed by atoms with E-state index in [4.69, 9.17) is 0 Å². The molecule has 0 saturated carbocycles. The Bertz CT molecular complexity index is 1030. The Morgan fingerprint density at radius 1 is 1.12 bits per heavy atom. The summed E-state index contributed by atoms with van der Waals surface area (Å²) in [6.45, 7) is 0.754. The van der Waals surface area contributed by atoms with E-state index in [1.54, 1.807) is 11.0 Å². The number of halogens is 1. The Hall–Kier alpha value is -3.15. The SMILES string of the molecule is O=C(O)Cn1c2c(c3ccccc31)CN(C(=O)c1cccc(F)c1)CC2. The summed E-state index contributed by atoms with van der Waals surface area (Å²) in [6, 6.07) is 13.3. The largest absolute Gasteiger partial charge is 0.480 e. The number of carbonyl (C=O) groups is 2. The van der Waals surface area contributed by atoms with Crippen molar-refractivity contribution < 1.29 is 19.1 Å². The Kier molecular flexibility index (Phi) is 3.95. The number of benzene rings is 2. The first-order chi connectivity index (χ1) is 12.5. The van der Waals surface area contributed by atoms with Gasteiger partial charge in [-0.1, -0.05) is 24.3 Å². The zero-order valence-electron chi connectivity index (χ0n) is 14.0. The fourth-order valence-electron chi connectivity index (χ4n) is 3.69. The molecule has 0 bridgehead atoms. The number of aromatic nitrogens is 1. The van der Waals surface area contributed by atoms with Crippen molar-refractivity contribution in [3.63, 3.8) is 0 Å². The van der Waals surface area contributed by atoms with E-state index >= 15 is 0 Å². The molecule has 0 aliphatic carbocycles. The van der Waals surface area contributed by atoms with Crippen LogP contribution in [0.2, 0.25) is 0 Å². The zero-order valence-corrected chi connectivity index (χ0v) is 14.0. The lowest BCUT2D eigenvalue weighted by atomic mass is 10.0. The van der Waals surface area contributed by atoms with E-state index in [2.05, 4.69) is 0 Å². The number of rotatable bonds is 3. The summed E-state index contributed by atoms with van der Waals surface area (Å²) >= 11 is 0. The monoisotopic (exact) mass is 352 g/mol. The topological polar surface area (TPSA) is 62.5 Å². The normalized spacial score (nSPS) is 13.7. The molecule has 0 atom stereocenters. The number of hydrogen-bond donors (Lipinski definition) is 1. The highest BCUT2D eigenvalue weighted by atomic mass is 19.1. The van der Waals surface area contributed by atoms with Gasteiger partial charge in [0.25, 0.3) is 5.91 Å². The maximum atomic E-state index is 13.4. The highest BCUT2D eigenvalue weighted by Crippen LogP contribution is 2.31. The van der Waals surface area contributed by atoms with E-state index in [1.807, 2.05) is 28.8 Å². The van der Waals surface area contributed by atoms with Crippen LogP contribution >= 0.6 is 0 Å². The van der Waals surface area contributed by atoms with Gasteiger partial charge in [-0.2, -0.15) is 0 Å². The molecule has 4 rings (SSSR count). The van der Waals surface area contributed by atoms with Gasteiger partial charge in [-0.15, -0.1) is 0 Å². The van der Waals surface area contributed by atoms with E-state index in [9.17, 15) is 19.1 Å². The Labute approximate surface area is 149 Å². The van der Waals surface area contributed by atoms with Gasteiger partial charge in [0, 0.05) is 47.2 Å². The molecule has 1 aromatic heterocycles. The maximum Gasteiger partial charge on any atom is 0.323 e. The number of carboxylic acid groups (broad SMARTS) is 1. The van der Waals surface area contributed by atoms with Crippen LogP contribution < -0.4 is 0 Å². The summed E-state index contributed by atoms with van der Waals surface area (Å²) in [6.07, 6.45) is 0.568. The molecule has 0 saturated heterocycles. The van der Waals surface area contributed by atoms with E-state index in [1.165, 1.54) is 18.2 Å². The quantitative estimate of drug-likeness (QED) is 0.788. The van der Waals surface area contributed by atoms with Crippen LogP contribution in [0.5, 0.6) is 0 Å². The predicted molar refractivity (Wildman–Crippen MR) is 94.4 cm³/mol. The molecule has 5 nitrogen and oxygen atoms in total. The van der Waals surface area contributed by atoms with Crippen molar-refractivity contribution in [3.05, 3.63) is 71.2 Å². The highest BCUT2D eigenvalue weighted by molar-refractivity contribution is 5.95. The summed E-state index contributed by atoms with van der Waals surface area (Å²) in [5.41, 5.74) is 3.11. The smallest absolute Gasteiger partial charge is 0.323 e. The molecular formula is C20H17FN2O3. The van der Waals surface area contributed by atoms with Crippen LogP contribution in [0.3, 0.4) is 0 Å². The summed E-state index contributed by atoms with van der Waals surface area (Å²) in [5, 5.41) is 10.2. The second-order valence-corrected chi connectivity index (χ2v) is 6.41. The molecule has 2 heterocycles. The molecule has 1 amide bonds. The molecule has 0 unspecified atom stereocenters. The number of carbonyl (C=O) groups excluding carboxylic acids is 1. The first kappa shape index (κ1) is 16.3. The molecule has 6 heteroatoms.